The molecule has 0 amide bonds. The Labute approximate surface area is 168 Å². The number of carbonyl (C=O) groups is 1. The lowest BCUT2D eigenvalue weighted by atomic mass is 10.0. The van der Waals surface area contributed by atoms with E-state index < -0.39 is 11.5 Å². The second kappa shape index (κ2) is 20.3. The van der Waals surface area contributed by atoms with Crippen molar-refractivity contribution in [2.24, 2.45) is 0 Å². The van der Waals surface area contributed by atoms with Gasteiger partial charge in [-0.25, -0.2) is 0 Å². The zero-order valence-corrected chi connectivity index (χ0v) is 18.3. The number of halogens is 2. The van der Waals surface area contributed by atoms with Crippen LogP contribution in [-0.2, 0) is 4.79 Å². The Bertz CT molecular complexity index is 287. The van der Waals surface area contributed by atoms with E-state index in [4.69, 9.17) is 0 Å². The summed E-state index contributed by atoms with van der Waals surface area (Å²) in [5.74, 6) is -0.970. The number of rotatable bonds is 17. The van der Waals surface area contributed by atoms with Crippen LogP contribution in [0, 0.1) is 0 Å². The predicted molar refractivity (Wildman–Crippen MR) is 96.2 cm³/mol. The van der Waals surface area contributed by atoms with Crippen molar-refractivity contribution in [3.05, 3.63) is 0 Å². The summed E-state index contributed by atoms with van der Waals surface area (Å²) >= 11 is 0. The minimum atomic E-state index is -0.970. The number of carbonyl (C=O) groups excluding carboxylic acids is 1. The Morgan fingerprint density at radius 3 is 1.36 bits per heavy atom. The first-order chi connectivity index (χ1) is 11.0. The molecule has 0 spiro atoms. The van der Waals surface area contributed by atoms with Gasteiger partial charge in [-0.15, -0.1) is 0 Å². The topological polar surface area (TPSA) is 56.7 Å². The van der Waals surface area contributed by atoms with Gasteiger partial charge in [0, 0.05) is 0 Å². The van der Waals surface area contributed by atoms with Crippen molar-refractivity contribution in [2.75, 3.05) is 6.54 Å². The lowest BCUT2D eigenvalue weighted by molar-refractivity contribution is -0.713. The SMILES string of the molecule is CCCCCCCCCCCCCCCC[NH2+]C(C)(C)C(=O)[O-].[Cl-].[Cl-]. The van der Waals surface area contributed by atoms with Gasteiger partial charge < -0.3 is 40.0 Å². The Kier molecular flexibility index (Phi) is 24.2. The molecule has 0 aliphatic rings. The van der Waals surface area contributed by atoms with Crippen molar-refractivity contribution in [3.8, 4) is 0 Å². The van der Waals surface area contributed by atoms with Gasteiger partial charge in [0.15, 0.2) is 0 Å². The molecule has 0 aliphatic heterocycles. The van der Waals surface area contributed by atoms with Crippen LogP contribution in [-0.4, -0.2) is 18.1 Å². The third-order valence-corrected chi connectivity index (χ3v) is 4.74. The third-order valence-electron chi connectivity index (χ3n) is 4.74. The first kappa shape index (κ1) is 29.8. The van der Waals surface area contributed by atoms with E-state index in [0.29, 0.717) is 0 Å². The molecule has 0 aliphatic carbocycles. The number of carboxylic acids is 1. The quantitative estimate of drug-likeness (QED) is 0.277. The molecule has 2 N–H and O–H groups in total. The predicted octanol–water partition coefficient (Wildman–Crippen LogP) is -2.43. The smallest absolute Gasteiger partial charge is 0.130 e. The minimum Gasteiger partial charge on any atom is -1.00 e. The van der Waals surface area contributed by atoms with Crippen molar-refractivity contribution < 1.29 is 40.0 Å². The molecule has 154 valence electrons. The molecule has 25 heavy (non-hydrogen) atoms. The van der Waals surface area contributed by atoms with Crippen LogP contribution in [0.1, 0.15) is 111 Å². The summed E-state index contributed by atoms with van der Waals surface area (Å²) in [5, 5.41) is 12.7. The average molecular weight is 398 g/mol. The number of hydrogen-bond acceptors (Lipinski definition) is 2. The van der Waals surface area contributed by atoms with E-state index in [9.17, 15) is 9.90 Å². The Morgan fingerprint density at radius 2 is 1.04 bits per heavy atom. The number of hydrogen-bond donors (Lipinski definition) is 1. The molecule has 0 saturated carbocycles. The lowest BCUT2D eigenvalue weighted by Crippen LogP contribution is -3.00. The highest BCUT2D eigenvalue weighted by Gasteiger charge is 2.21. The summed E-state index contributed by atoms with van der Waals surface area (Å²) in [6, 6.07) is 0. The zero-order valence-electron chi connectivity index (χ0n) is 16.8. The fourth-order valence-electron chi connectivity index (χ4n) is 2.89. The summed E-state index contributed by atoms with van der Waals surface area (Å²) in [4.78, 5) is 10.9. The number of aliphatic carboxylic acids is 1. The summed E-state index contributed by atoms with van der Waals surface area (Å²) in [5.41, 5.74) is -0.781. The van der Waals surface area contributed by atoms with E-state index in [1.165, 1.54) is 83.5 Å². The maximum Gasteiger partial charge on any atom is 0.130 e. The molecule has 0 bridgehead atoms. The van der Waals surface area contributed by atoms with Crippen LogP contribution >= 0.6 is 0 Å². The fourth-order valence-corrected chi connectivity index (χ4v) is 2.89. The van der Waals surface area contributed by atoms with Crippen molar-refractivity contribution in [1.29, 1.82) is 0 Å². The molecule has 0 radical (unpaired) electrons. The first-order valence-corrected chi connectivity index (χ1v) is 10.1. The molecule has 0 saturated heterocycles. The number of unbranched alkanes of at least 4 members (excludes halogenated alkanes) is 13. The molecule has 0 fully saturated rings. The zero-order chi connectivity index (χ0) is 17.4. The molecule has 3 nitrogen and oxygen atoms in total. The highest BCUT2D eigenvalue weighted by molar-refractivity contribution is 5.73. The van der Waals surface area contributed by atoms with Crippen LogP contribution in [0.25, 0.3) is 0 Å². The van der Waals surface area contributed by atoms with Gasteiger partial charge in [-0.3, -0.25) is 0 Å². The monoisotopic (exact) mass is 397 g/mol. The fraction of sp³-hybridized carbons (Fsp3) is 0.950. The first-order valence-electron chi connectivity index (χ1n) is 10.1. The summed E-state index contributed by atoms with van der Waals surface area (Å²) in [6.07, 6.45) is 19.0. The second-order valence-corrected chi connectivity index (χ2v) is 7.60. The summed E-state index contributed by atoms with van der Waals surface area (Å²) < 4.78 is 0. The molecule has 0 unspecified atom stereocenters. The molecule has 0 aromatic carbocycles. The summed E-state index contributed by atoms with van der Waals surface area (Å²) in [7, 11) is 0. The van der Waals surface area contributed by atoms with Crippen LogP contribution in [0.5, 0.6) is 0 Å². The highest BCUT2D eigenvalue weighted by atomic mass is 35.5. The third kappa shape index (κ3) is 20.2. The minimum absolute atomic E-state index is 0. The van der Waals surface area contributed by atoms with Gasteiger partial charge in [-0.1, -0.05) is 84.0 Å². The molecule has 0 aromatic heterocycles. The van der Waals surface area contributed by atoms with Crippen LogP contribution in [0.4, 0.5) is 0 Å². The van der Waals surface area contributed by atoms with Gasteiger partial charge in [0.25, 0.3) is 0 Å². The van der Waals surface area contributed by atoms with E-state index in [2.05, 4.69) is 6.92 Å². The summed E-state index contributed by atoms with van der Waals surface area (Å²) in [6.45, 7) is 6.59. The normalized spacial score (nSPS) is 10.8. The highest BCUT2D eigenvalue weighted by Crippen LogP contribution is 2.12. The Hall–Kier alpha value is 0.01000. The Morgan fingerprint density at radius 1 is 0.720 bits per heavy atom. The van der Waals surface area contributed by atoms with E-state index in [1.807, 2.05) is 5.32 Å². The van der Waals surface area contributed by atoms with Crippen LogP contribution in [0.2, 0.25) is 0 Å². The van der Waals surface area contributed by atoms with Crippen molar-refractivity contribution in [3.63, 3.8) is 0 Å². The van der Waals surface area contributed by atoms with Gasteiger partial charge in [0.1, 0.15) is 11.5 Å². The maximum absolute atomic E-state index is 10.9. The van der Waals surface area contributed by atoms with Crippen molar-refractivity contribution in [2.45, 2.75) is 116 Å². The molecule has 0 heterocycles. The van der Waals surface area contributed by atoms with Crippen LogP contribution < -0.4 is 35.2 Å². The molecular formula is C20H41Cl2NO2-2. The number of carboxylic acid groups (broad SMARTS) is 1. The van der Waals surface area contributed by atoms with E-state index >= 15 is 0 Å². The van der Waals surface area contributed by atoms with Gasteiger partial charge in [-0.2, -0.15) is 0 Å². The van der Waals surface area contributed by atoms with Crippen LogP contribution in [0.3, 0.4) is 0 Å². The molecule has 0 rings (SSSR count). The average Bonchev–Trinajstić information content (AvgIpc) is 2.51. The second-order valence-electron chi connectivity index (χ2n) is 7.60. The molecule has 0 atom stereocenters. The largest absolute Gasteiger partial charge is 1.00 e. The molecular weight excluding hydrogens is 357 g/mol. The van der Waals surface area contributed by atoms with Gasteiger partial charge in [0.05, 0.1) is 6.54 Å². The van der Waals surface area contributed by atoms with E-state index in [-0.39, 0.29) is 24.8 Å². The van der Waals surface area contributed by atoms with Gasteiger partial charge >= 0.3 is 0 Å². The van der Waals surface area contributed by atoms with Crippen LogP contribution in [0.15, 0.2) is 0 Å². The van der Waals surface area contributed by atoms with Crippen molar-refractivity contribution >= 4 is 5.97 Å². The number of quaternary nitrogens is 1. The van der Waals surface area contributed by atoms with E-state index in [1.54, 1.807) is 13.8 Å². The van der Waals surface area contributed by atoms with Crippen molar-refractivity contribution in [1.82, 2.24) is 0 Å². The van der Waals surface area contributed by atoms with Gasteiger partial charge in [-0.05, 0) is 26.7 Å². The standard InChI is InChI=1S/C20H41NO2.2ClH/c1-4-5-6-7-8-9-10-11-12-13-14-15-16-17-18-21-20(2,3)19(22)23;;/h21H,4-18H2,1-3H3,(H,22,23);2*1H/p-2. The van der Waals surface area contributed by atoms with Gasteiger partial charge in [0.2, 0.25) is 0 Å². The van der Waals surface area contributed by atoms with E-state index in [0.717, 1.165) is 13.0 Å². The Balaban J connectivity index is -0.00000242. The molecule has 5 heteroatoms. The lowest BCUT2D eigenvalue weighted by Gasteiger charge is -2.23. The maximum atomic E-state index is 10.9. The molecule has 0 aromatic rings. The number of nitrogens with two attached hydrogens (primary N) is 1.